The van der Waals surface area contributed by atoms with Crippen LogP contribution in [0, 0.1) is 6.92 Å². The van der Waals surface area contributed by atoms with Crippen molar-refractivity contribution in [2.45, 2.75) is 19.9 Å². The zero-order chi connectivity index (χ0) is 19.0. The van der Waals surface area contributed by atoms with Gasteiger partial charge in [-0.25, -0.2) is 4.98 Å². The SMILES string of the molecule is Cc1c([C@H](C)NC(=O)c2cc(-c3ccccc3)nc3ncnn23)cnn1C. The van der Waals surface area contributed by atoms with Crippen LogP contribution in [0.3, 0.4) is 0 Å². The topological polar surface area (TPSA) is 90.0 Å². The average molecular weight is 361 g/mol. The summed E-state index contributed by atoms with van der Waals surface area (Å²) >= 11 is 0. The molecule has 136 valence electrons. The van der Waals surface area contributed by atoms with Gasteiger partial charge in [-0.3, -0.25) is 9.48 Å². The van der Waals surface area contributed by atoms with Crippen LogP contribution in [0.2, 0.25) is 0 Å². The number of rotatable bonds is 4. The van der Waals surface area contributed by atoms with Gasteiger partial charge in [-0.05, 0) is 19.9 Å². The van der Waals surface area contributed by atoms with Gasteiger partial charge in [-0.1, -0.05) is 30.3 Å². The van der Waals surface area contributed by atoms with Crippen molar-refractivity contribution in [2.24, 2.45) is 7.05 Å². The first-order valence-electron chi connectivity index (χ1n) is 8.60. The van der Waals surface area contributed by atoms with E-state index >= 15 is 0 Å². The maximum Gasteiger partial charge on any atom is 0.270 e. The third kappa shape index (κ3) is 3.05. The lowest BCUT2D eigenvalue weighted by Gasteiger charge is -2.14. The summed E-state index contributed by atoms with van der Waals surface area (Å²) in [6.07, 6.45) is 3.16. The fourth-order valence-electron chi connectivity index (χ4n) is 3.02. The van der Waals surface area contributed by atoms with Gasteiger partial charge in [0, 0.05) is 23.9 Å². The number of hydrogen-bond acceptors (Lipinski definition) is 5. The Morgan fingerprint density at radius 3 is 2.67 bits per heavy atom. The number of amides is 1. The van der Waals surface area contributed by atoms with Crippen molar-refractivity contribution in [1.82, 2.24) is 34.7 Å². The average Bonchev–Trinajstić information content (AvgIpc) is 3.28. The highest BCUT2D eigenvalue weighted by atomic mass is 16.2. The van der Waals surface area contributed by atoms with E-state index in [4.69, 9.17) is 0 Å². The van der Waals surface area contributed by atoms with Gasteiger partial charge < -0.3 is 5.32 Å². The quantitative estimate of drug-likeness (QED) is 0.602. The van der Waals surface area contributed by atoms with E-state index in [1.807, 2.05) is 51.2 Å². The number of aromatic nitrogens is 6. The molecule has 8 nitrogen and oxygen atoms in total. The lowest BCUT2D eigenvalue weighted by molar-refractivity contribution is 0.0932. The van der Waals surface area contributed by atoms with Gasteiger partial charge in [-0.2, -0.15) is 19.7 Å². The van der Waals surface area contributed by atoms with Gasteiger partial charge >= 0.3 is 0 Å². The van der Waals surface area contributed by atoms with E-state index < -0.39 is 0 Å². The Balaban J connectivity index is 1.71. The van der Waals surface area contributed by atoms with Gasteiger partial charge in [0.05, 0.1) is 17.9 Å². The van der Waals surface area contributed by atoms with Crippen molar-refractivity contribution in [3.05, 3.63) is 65.9 Å². The molecule has 0 aliphatic heterocycles. The Labute approximate surface area is 155 Å². The van der Waals surface area contributed by atoms with Crippen LogP contribution < -0.4 is 5.32 Å². The summed E-state index contributed by atoms with van der Waals surface area (Å²) in [5.41, 5.74) is 3.94. The van der Waals surface area contributed by atoms with E-state index in [0.29, 0.717) is 17.2 Å². The van der Waals surface area contributed by atoms with Crippen molar-refractivity contribution in [3.63, 3.8) is 0 Å². The fourth-order valence-corrected chi connectivity index (χ4v) is 3.02. The second kappa shape index (κ2) is 6.64. The smallest absolute Gasteiger partial charge is 0.270 e. The van der Waals surface area contributed by atoms with E-state index in [1.54, 1.807) is 16.9 Å². The third-order valence-corrected chi connectivity index (χ3v) is 4.64. The number of nitrogens with zero attached hydrogens (tertiary/aromatic N) is 6. The molecule has 4 aromatic rings. The molecule has 0 radical (unpaired) electrons. The summed E-state index contributed by atoms with van der Waals surface area (Å²) in [7, 11) is 1.88. The van der Waals surface area contributed by atoms with Gasteiger partial charge in [0.1, 0.15) is 12.0 Å². The standard InChI is InChI=1S/C19H19N7O/c1-12(15-10-21-25(3)13(15)2)23-18(27)17-9-16(14-7-5-4-6-8-14)24-19-20-11-22-26(17)19/h4-12H,1-3H3,(H,23,27)/t12-/m0/s1. The Morgan fingerprint density at radius 2 is 1.96 bits per heavy atom. The first-order chi connectivity index (χ1) is 13.0. The number of fused-ring (bicyclic) bond motifs is 1. The van der Waals surface area contributed by atoms with Crippen LogP contribution in [-0.2, 0) is 7.05 Å². The van der Waals surface area contributed by atoms with Crippen LogP contribution in [0.5, 0.6) is 0 Å². The van der Waals surface area contributed by atoms with Crippen molar-refractivity contribution in [2.75, 3.05) is 0 Å². The molecular weight excluding hydrogens is 342 g/mol. The van der Waals surface area contributed by atoms with Crippen LogP contribution in [0.1, 0.15) is 34.7 Å². The summed E-state index contributed by atoms with van der Waals surface area (Å²) in [4.78, 5) is 21.6. The molecule has 1 aromatic carbocycles. The van der Waals surface area contributed by atoms with Crippen molar-refractivity contribution in [1.29, 1.82) is 0 Å². The van der Waals surface area contributed by atoms with Crippen molar-refractivity contribution in [3.8, 4) is 11.3 Å². The Morgan fingerprint density at radius 1 is 1.19 bits per heavy atom. The highest BCUT2D eigenvalue weighted by Crippen LogP contribution is 2.20. The van der Waals surface area contributed by atoms with E-state index in [1.165, 1.54) is 10.8 Å². The number of carbonyl (C=O) groups is 1. The molecular formula is C19H19N7O. The first kappa shape index (κ1) is 16.9. The molecule has 3 heterocycles. The number of nitrogens with one attached hydrogen (secondary N) is 1. The van der Waals surface area contributed by atoms with Gasteiger partial charge in [0.2, 0.25) is 0 Å². The summed E-state index contributed by atoms with van der Waals surface area (Å²) in [5.74, 6) is 0.132. The largest absolute Gasteiger partial charge is 0.344 e. The van der Waals surface area contributed by atoms with E-state index in [-0.39, 0.29) is 11.9 Å². The molecule has 4 rings (SSSR count). The normalized spacial score (nSPS) is 12.3. The second-order valence-corrected chi connectivity index (χ2v) is 6.37. The Kier molecular flexibility index (Phi) is 4.15. The second-order valence-electron chi connectivity index (χ2n) is 6.37. The summed E-state index contributed by atoms with van der Waals surface area (Å²) in [6.45, 7) is 3.90. The van der Waals surface area contributed by atoms with E-state index in [2.05, 4.69) is 25.5 Å². The van der Waals surface area contributed by atoms with Gasteiger partial charge in [-0.15, -0.1) is 0 Å². The van der Waals surface area contributed by atoms with Gasteiger partial charge in [0.25, 0.3) is 11.7 Å². The Bertz CT molecular complexity index is 1110. The molecule has 3 aromatic heterocycles. The molecule has 0 saturated carbocycles. The van der Waals surface area contributed by atoms with Crippen LogP contribution in [-0.4, -0.2) is 35.3 Å². The van der Waals surface area contributed by atoms with Crippen LogP contribution in [0.25, 0.3) is 17.0 Å². The van der Waals surface area contributed by atoms with Gasteiger partial charge in [0.15, 0.2) is 0 Å². The molecule has 8 heteroatoms. The molecule has 0 unspecified atom stereocenters. The minimum absolute atomic E-state index is 0.196. The maximum absolute atomic E-state index is 13.0. The molecule has 27 heavy (non-hydrogen) atoms. The van der Waals surface area contributed by atoms with Crippen molar-refractivity contribution < 1.29 is 4.79 Å². The molecule has 0 bridgehead atoms. The van der Waals surface area contributed by atoms with Crippen LogP contribution in [0.4, 0.5) is 0 Å². The maximum atomic E-state index is 13.0. The fraction of sp³-hybridized carbons (Fsp3) is 0.211. The van der Waals surface area contributed by atoms with Crippen molar-refractivity contribution >= 4 is 11.7 Å². The molecule has 0 fully saturated rings. The van der Waals surface area contributed by atoms with Crippen LogP contribution in [0.15, 0.2) is 48.9 Å². The predicted molar refractivity (Wildman–Crippen MR) is 100 cm³/mol. The summed E-state index contributed by atoms with van der Waals surface area (Å²) in [6, 6.07) is 11.2. The number of aryl methyl sites for hydroxylation is 1. The number of carbonyl (C=O) groups excluding carboxylic acids is 1. The zero-order valence-corrected chi connectivity index (χ0v) is 15.3. The molecule has 0 spiro atoms. The highest BCUT2D eigenvalue weighted by Gasteiger charge is 2.19. The number of benzene rings is 1. The molecule has 1 amide bonds. The van der Waals surface area contributed by atoms with Crippen LogP contribution >= 0.6 is 0 Å². The summed E-state index contributed by atoms with van der Waals surface area (Å²) < 4.78 is 3.23. The zero-order valence-electron chi connectivity index (χ0n) is 15.3. The molecule has 0 aliphatic carbocycles. The Hall–Kier alpha value is -3.55. The lowest BCUT2D eigenvalue weighted by Crippen LogP contribution is -2.29. The highest BCUT2D eigenvalue weighted by molar-refractivity contribution is 5.94. The molecule has 0 saturated heterocycles. The number of hydrogen-bond donors (Lipinski definition) is 1. The third-order valence-electron chi connectivity index (χ3n) is 4.64. The molecule has 1 atom stereocenters. The lowest BCUT2D eigenvalue weighted by atomic mass is 10.1. The van der Waals surface area contributed by atoms with E-state index in [9.17, 15) is 4.79 Å². The molecule has 0 aliphatic rings. The van der Waals surface area contributed by atoms with E-state index in [0.717, 1.165) is 16.8 Å². The predicted octanol–water partition coefficient (Wildman–Crippen LogP) is 2.32. The monoisotopic (exact) mass is 361 g/mol. The minimum Gasteiger partial charge on any atom is -0.344 e. The minimum atomic E-state index is -0.249. The molecule has 1 N–H and O–H groups in total. The first-order valence-corrected chi connectivity index (χ1v) is 8.60. The summed E-state index contributed by atoms with van der Waals surface area (Å²) in [5, 5.41) is 11.4.